The van der Waals surface area contributed by atoms with Crippen LogP contribution in [0.25, 0.3) is 0 Å². The van der Waals surface area contributed by atoms with Crippen molar-refractivity contribution in [3.8, 4) is 0 Å². The Labute approximate surface area is 138 Å². The smallest absolute Gasteiger partial charge is 0.224 e. The van der Waals surface area contributed by atoms with Gasteiger partial charge in [0.25, 0.3) is 0 Å². The van der Waals surface area contributed by atoms with Crippen LogP contribution in [0.15, 0.2) is 42.5 Å². The summed E-state index contributed by atoms with van der Waals surface area (Å²) in [5.41, 5.74) is 6.32. The number of carbonyl (C=O) groups is 1. The lowest BCUT2D eigenvalue weighted by Gasteiger charge is -2.29. The van der Waals surface area contributed by atoms with Gasteiger partial charge in [-0.15, -0.1) is 0 Å². The van der Waals surface area contributed by atoms with Crippen molar-refractivity contribution in [3.63, 3.8) is 0 Å². The first-order chi connectivity index (χ1) is 11.1. The Morgan fingerprint density at radius 2 is 1.87 bits per heavy atom. The summed E-state index contributed by atoms with van der Waals surface area (Å²) in [6.07, 6.45) is 1.50. The Morgan fingerprint density at radius 1 is 1.09 bits per heavy atom. The van der Waals surface area contributed by atoms with E-state index in [1.807, 2.05) is 11.0 Å². The summed E-state index contributed by atoms with van der Waals surface area (Å²) in [5, 5.41) is 3.40. The third kappa shape index (κ3) is 3.55. The highest BCUT2D eigenvalue weighted by Gasteiger charge is 2.19. The third-order valence-corrected chi connectivity index (χ3v) is 4.74. The first-order valence-electron chi connectivity index (χ1n) is 8.30. The SMILES string of the molecule is Cc1cccc(NCCC(=O)N2CCc3ccccc3C2)c1C. The zero-order valence-corrected chi connectivity index (χ0v) is 13.9. The summed E-state index contributed by atoms with van der Waals surface area (Å²) in [5.74, 6) is 0.234. The van der Waals surface area contributed by atoms with E-state index in [2.05, 4.69) is 55.6 Å². The zero-order valence-electron chi connectivity index (χ0n) is 13.9. The van der Waals surface area contributed by atoms with Crippen LogP contribution in [-0.4, -0.2) is 23.9 Å². The second kappa shape index (κ2) is 6.86. The van der Waals surface area contributed by atoms with Gasteiger partial charge in [-0.25, -0.2) is 0 Å². The van der Waals surface area contributed by atoms with E-state index < -0.39 is 0 Å². The van der Waals surface area contributed by atoms with Crippen LogP contribution in [0.1, 0.15) is 28.7 Å². The molecule has 1 aliphatic rings. The zero-order chi connectivity index (χ0) is 16.2. The average molecular weight is 308 g/mol. The quantitative estimate of drug-likeness (QED) is 0.934. The molecule has 2 aromatic carbocycles. The van der Waals surface area contributed by atoms with Crippen molar-refractivity contribution in [3.05, 3.63) is 64.7 Å². The van der Waals surface area contributed by atoms with E-state index in [1.54, 1.807) is 0 Å². The lowest BCUT2D eigenvalue weighted by Crippen LogP contribution is -2.36. The van der Waals surface area contributed by atoms with E-state index in [0.717, 1.165) is 25.2 Å². The number of nitrogens with one attached hydrogen (secondary N) is 1. The molecule has 0 fully saturated rings. The molecule has 1 aliphatic heterocycles. The van der Waals surface area contributed by atoms with Crippen LogP contribution in [0.5, 0.6) is 0 Å². The topological polar surface area (TPSA) is 32.3 Å². The molecule has 0 atom stereocenters. The molecule has 0 radical (unpaired) electrons. The Hall–Kier alpha value is -2.29. The maximum Gasteiger partial charge on any atom is 0.224 e. The monoisotopic (exact) mass is 308 g/mol. The first-order valence-corrected chi connectivity index (χ1v) is 8.30. The van der Waals surface area contributed by atoms with Gasteiger partial charge in [-0.1, -0.05) is 36.4 Å². The molecule has 2 aromatic rings. The fraction of sp³-hybridized carbons (Fsp3) is 0.350. The lowest BCUT2D eigenvalue weighted by molar-refractivity contribution is -0.131. The van der Waals surface area contributed by atoms with Gasteiger partial charge in [0.2, 0.25) is 5.91 Å². The number of anilines is 1. The van der Waals surface area contributed by atoms with Gasteiger partial charge in [0.1, 0.15) is 0 Å². The molecule has 120 valence electrons. The Balaban J connectivity index is 1.53. The fourth-order valence-electron chi connectivity index (χ4n) is 3.11. The van der Waals surface area contributed by atoms with E-state index in [0.29, 0.717) is 13.0 Å². The summed E-state index contributed by atoms with van der Waals surface area (Å²) in [6.45, 7) is 6.48. The van der Waals surface area contributed by atoms with Crippen LogP contribution in [-0.2, 0) is 17.8 Å². The predicted molar refractivity (Wildman–Crippen MR) is 94.6 cm³/mol. The van der Waals surface area contributed by atoms with Crippen molar-refractivity contribution >= 4 is 11.6 Å². The highest BCUT2D eigenvalue weighted by molar-refractivity contribution is 5.77. The van der Waals surface area contributed by atoms with E-state index in [4.69, 9.17) is 0 Å². The van der Waals surface area contributed by atoms with Gasteiger partial charge in [0.05, 0.1) is 0 Å². The molecule has 0 aromatic heterocycles. The number of nitrogens with zero attached hydrogens (tertiary/aromatic N) is 1. The number of hydrogen-bond donors (Lipinski definition) is 1. The molecule has 23 heavy (non-hydrogen) atoms. The number of rotatable bonds is 4. The van der Waals surface area contributed by atoms with Gasteiger partial charge in [-0.05, 0) is 48.6 Å². The van der Waals surface area contributed by atoms with Crippen molar-refractivity contribution in [2.75, 3.05) is 18.4 Å². The van der Waals surface area contributed by atoms with Crippen LogP contribution >= 0.6 is 0 Å². The van der Waals surface area contributed by atoms with Gasteiger partial charge in [0.15, 0.2) is 0 Å². The van der Waals surface area contributed by atoms with Crippen LogP contribution in [0.4, 0.5) is 5.69 Å². The van der Waals surface area contributed by atoms with E-state index in [-0.39, 0.29) is 5.91 Å². The summed E-state index contributed by atoms with van der Waals surface area (Å²) < 4.78 is 0. The highest BCUT2D eigenvalue weighted by atomic mass is 16.2. The number of aryl methyl sites for hydroxylation is 1. The molecule has 0 saturated heterocycles. The van der Waals surface area contributed by atoms with Crippen LogP contribution in [0.3, 0.4) is 0 Å². The van der Waals surface area contributed by atoms with Gasteiger partial charge in [-0.3, -0.25) is 4.79 Å². The summed E-state index contributed by atoms with van der Waals surface area (Å²) in [7, 11) is 0. The van der Waals surface area contributed by atoms with Gasteiger partial charge < -0.3 is 10.2 Å². The standard InChI is InChI=1S/C20H24N2O/c1-15-6-5-9-19(16(15)2)21-12-10-20(23)22-13-11-17-7-3-4-8-18(17)14-22/h3-9,21H,10-14H2,1-2H3. The molecule has 0 bridgehead atoms. The Morgan fingerprint density at radius 3 is 2.70 bits per heavy atom. The van der Waals surface area contributed by atoms with Gasteiger partial charge in [0, 0.05) is 31.7 Å². The van der Waals surface area contributed by atoms with Gasteiger partial charge >= 0.3 is 0 Å². The van der Waals surface area contributed by atoms with Crippen molar-refractivity contribution in [1.82, 2.24) is 4.90 Å². The first kappa shape index (κ1) is 15.6. The second-order valence-corrected chi connectivity index (χ2v) is 6.26. The molecule has 1 heterocycles. The van der Waals surface area contributed by atoms with Crippen molar-refractivity contribution in [2.24, 2.45) is 0 Å². The Kier molecular flexibility index (Phi) is 4.65. The number of amides is 1. The van der Waals surface area contributed by atoms with Crippen molar-refractivity contribution in [2.45, 2.75) is 33.2 Å². The molecule has 3 rings (SSSR count). The molecule has 0 saturated carbocycles. The van der Waals surface area contributed by atoms with Crippen molar-refractivity contribution < 1.29 is 4.79 Å². The molecule has 1 amide bonds. The minimum absolute atomic E-state index is 0.234. The molecule has 0 aliphatic carbocycles. The minimum atomic E-state index is 0.234. The number of carbonyl (C=O) groups excluding carboxylic acids is 1. The number of fused-ring (bicyclic) bond motifs is 1. The summed E-state index contributed by atoms with van der Waals surface area (Å²) in [4.78, 5) is 14.4. The van der Waals surface area contributed by atoms with Crippen molar-refractivity contribution in [1.29, 1.82) is 0 Å². The van der Waals surface area contributed by atoms with E-state index in [1.165, 1.54) is 22.3 Å². The maximum atomic E-state index is 12.4. The molecule has 3 heteroatoms. The summed E-state index contributed by atoms with van der Waals surface area (Å²) >= 11 is 0. The molecule has 1 N–H and O–H groups in total. The van der Waals surface area contributed by atoms with Crippen LogP contribution < -0.4 is 5.32 Å². The van der Waals surface area contributed by atoms with E-state index in [9.17, 15) is 4.79 Å². The third-order valence-electron chi connectivity index (χ3n) is 4.74. The van der Waals surface area contributed by atoms with Gasteiger partial charge in [-0.2, -0.15) is 0 Å². The number of hydrogen-bond acceptors (Lipinski definition) is 2. The highest BCUT2D eigenvalue weighted by Crippen LogP contribution is 2.20. The largest absolute Gasteiger partial charge is 0.384 e. The lowest BCUT2D eigenvalue weighted by atomic mass is 10.00. The summed E-state index contributed by atoms with van der Waals surface area (Å²) in [6, 6.07) is 14.6. The Bertz CT molecular complexity index is 709. The predicted octanol–water partition coefficient (Wildman–Crippen LogP) is 3.69. The molecule has 3 nitrogen and oxygen atoms in total. The van der Waals surface area contributed by atoms with E-state index >= 15 is 0 Å². The average Bonchev–Trinajstić information content (AvgIpc) is 2.58. The molecule has 0 unspecified atom stereocenters. The molecular weight excluding hydrogens is 284 g/mol. The molecular formula is C20H24N2O. The maximum absolute atomic E-state index is 12.4. The molecule has 0 spiro atoms. The fourth-order valence-corrected chi connectivity index (χ4v) is 3.11. The normalized spacial score (nSPS) is 13.6. The van der Waals surface area contributed by atoms with Crippen LogP contribution in [0.2, 0.25) is 0 Å². The number of benzene rings is 2. The second-order valence-electron chi connectivity index (χ2n) is 6.26. The van der Waals surface area contributed by atoms with Crippen LogP contribution in [0, 0.1) is 13.8 Å². The minimum Gasteiger partial charge on any atom is -0.384 e.